The lowest BCUT2D eigenvalue weighted by Crippen LogP contribution is -2.13. The number of anilines is 2. The minimum atomic E-state index is -0.216. The average molecular weight is 341 g/mol. The predicted molar refractivity (Wildman–Crippen MR) is 81.4 cm³/mol. The number of benzene rings is 2. The van der Waals surface area contributed by atoms with Crippen molar-refractivity contribution in [3.05, 3.63) is 57.5 Å². The van der Waals surface area contributed by atoms with Gasteiger partial charge in [0.25, 0.3) is 5.91 Å². The largest absolute Gasteiger partial charge is 0.324 e. The number of nitrogen functional groups attached to an aromatic ring is 1. The molecule has 0 radical (unpaired) electrons. The molecule has 6 heteroatoms. The molecule has 0 aromatic heterocycles. The first-order valence-corrected chi connectivity index (χ1v) is 6.60. The van der Waals surface area contributed by atoms with Crippen LogP contribution in [0.2, 0.25) is 5.02 Å². The van der Waals surface area contributed by atoms with Gasteiger partial charge in [-0.2, -0.15) is 0 Å². The number of hydrogen-bond acceptors (Lipinski definition) is 3. The number of hydrogen-bond donors (Lipinski definition) is 3. The van der Waals surface area contributed by atoms with Gasteiger partial charge in [0.15, 0.2) is 0 Å². The van der Waals surface area contributed by atoms with E-state index in [1.165, 1.54) is 0 Å². The van der Waals surface area contributed by atoms with Crippen LogP contribution in [0, 0.1) is 0 Å². The van der Waals surface area contributed by atoms with Crippen molar-refractivity contribution in [2.45, 2.75) is 0 Å². The molecule has 2 rings (SSSR count). The molecule has 0 bridgehead atoms. The molecule has 4 N–H and O–H groups in total. The van der Waals surface area contributed by atoms with E-state index in [2.05, 4.69) is 26.7 Å². The predicted octanol–water partition coefficient (Wildman–Crippen LogP) is 3.64. The number of hydrazine groups is 1. The molecular formula is C13H11BrClN3O. The first-order chi connectivity index (χ1) is 9.10. The summed E-state index contributed by atoms with van der Waals surface area (Å²) >= 11 is 9.25. The van der Waals surface area contributed by atoms with E-state index < -0.39 is 0 Å². The van der Waals surface area contributed by atoms with Gasteiger partial charge in [-0.25, -0.2) is 0 Å². The molecule has 0 atom stereocenters. The third-order valence-electron chi connectivity index (χ3n) is 2.49. The Morgan fingerprint density at radius 1 is 1.16 bits per heavy atom. The fourth-order valence-corrected chi connectivity index (χ4v) is 2.02. The molecule has 0 unspecified atom stereocenters. The number of rotatable bonds is 3. The molecule has 98 valence electrons. The zero-order valence-electron chi connectivity index (χ0n) is 9.78. The van der Waals surface area contributed by atoms with Crippen molar-refractivity contribution < 1.29 is 4.79 Å². The van der Waals surface area contributed by atoms with Crippen LogP contribution in [0.25, 0.3) is 0 Å². The van der Waals surface area contributed by atoms with Crippen LogP contribution in [-0.2, 0) is 0 Å². The number of amides is 1. The average Bonchev–Trinajstić information content (AvgIpc) is 2.43. The Morgan fingerprint density at radius 3 is 2.47 bits per heavy atom. The molecule has 0 saturated carbocycles. The second-order valence-electron chi connectivity index (χ2n) is 3.80. The second-order valence-corrected chi connectivity index (χ2v) is 5.09. The molecule has 0 aliphatic heterocycles. The third kappa shape index (κ3) is 3.47. The quantitative estimate of drug-likeness (QED) is 0.590. The molecule has 0 spiro atoms. The van der Waals surface area contributed by atoms with Crippen molar-refractivity contribution in [3.63, 3.8) is 0 Å². The summed E-state index contributed by atoms with van der Waals surface area (Å²) in [5, 5.41) is 3.34. The maximum atomic E-state index is 12.1. The first kappa shape index (κ1) is 13.9. The molecule has 19 heavy (non-hydrogen) atoms. The highest BCUT2D eigenvalue weighted by Gasteiger charge is 2.08. The normalized spacial score (nSPS) is 10.1. The zero-order valence-corrected chi connectivity index (χ0v) is 12.1. The summed E-state index contributed by atoms with van der Waals surface area (Å²) in [6, 6.07) is 12.0. The van der Waals surface area contributed by atoms with Crippen molar-refractivity contribution in [2.24, 2.45) is 5.84 Å². The highest BCUT2D eigenvalue weighted by Crippen LogP contribution is 2.26. The number of carbonyl (C=O) groups is 1. The summed E-state index contributed by atoms with van der Waals surface area (Å²) < 4.78 is 0.769. The van der Waals surface area contributed by atoms with Crippen molar-refractivity contribution in [2.75, 3.05) is 10.7 Å². The Kier molecular flexibility index (Phi) is 4.42. The lowest BCUT2D eigenvalue weighted by Gasteiger charge is -2.08. The van der Waals surface area contributed by atoms with E-state index >= 15 is 0 Å². The van der Waals surface area contributed by atoms with Gasteiger partial charge in [0, 0.05) is 20.7 Å². The minimum absolute atomic E-state index is 0.216. The molecule has 0 aliphatic rings. The van der Waals surface area contributed by atoms with E-state index in [4.69, 9.17) is 17.4 Å². The minimum Gasteiger partial charge on any atom is -0.324 e. The summed E-state index contributed by atoms with van der Waals surface area (Å²) in [4.78, 5) is 12.1. The highest BCUT2D eigenvalue weighted by atomic mass is 79.9. The monoisotopic (exact) mass is 339 g/mol. The first-order valence-electron chi connectivity index (χ1n) is 5.43. The van der Waals surface area contributed by atoms with Gasteiger partial charge in [-0.05, 0) is 58.4 Å². The molecule has 0 heterocycles. The SMILES string of the molecule is NNc1ccc(C(=O)Nc2cc(Cl)ccc2Br)cc1. The molecule has 1 amide bonds. The lowest BCUT2D eigenvalue weighted by molar-refractivity contribution is 0.102. The van der Waals surface area contributed by atoms with E-state index in [1.807, 2.05) is 0 Å². The standard InChI is InChI=1S/C13H11BrClN3O/c14-11-6-3-9(15)7-12(11)17-13(19)8-1-4-10(18-16)5-2-8/h1-7,18H,16H2,(H,17,19). The van der Waals surface area contributed by atoms with Crippen molar-refractivity contribution in [3.8, 4) is 0 Å². The third-order valence-corrected chi connectivity index (χ3v) is 3.42. The Hall–Kier alpha value is -1.56. The van der Waals surface area contributed by atoms with Gasteiger partial charge in [0.05, 0.1) is 5.69 Å². The summed E-state index contributed by atoms with van der Waals surface area (Å²) in [5.41, 5.74) is 4.40. The van der Waals surface area contributed by atoms with Crippen LogP contribution < -0.4 is 16.6 Å². The fraction of sp³-hybridized carbons (Fsp3) is 0. The molecule has 2 aromatic rings. The molecule has 2 aromatic carbocycles. The number of nitrogens with two attached hydrogens (primary N) is 1. The lowest BCUT2D eigenvalue weighted by atomic mass is 10.2. The Balaban J connectivity index is 2.18. The van der Waals surface area contributed by atoms with Gasteiger partial charge in [-0.1, -0.05) is 11.6 Å². The van der Waals surface area contributed by atoms with Gasteiger partial charge in [-0.15, -0.1) is 0 Å². The fourth-order valence-electron chi connectivity index (χ4n) is 1.51. The van der Waals surface area contributed by atoms with Gasteiger partial charge < -0.3 is 10.7 Å². The Labute approximate surface area is 124 Å². The van der Waals surface area contributed by atoms with E-state index in [9.17, 15) is 4.79 Å². The van der Waals surface area contributed by atoms with Gasteiger partial charge in [0.2, 0.25) is 0 Å². The van der Waals surface area contributed by atoms with Crippen LogP contribution in [0.3, 0.4) is 0 Å². The van der Waals surface area contributed by atoms with Crippen LogP contribution in [0.5, 0.6) is 0 Å². The molecule has 0 saturated heterocycles. The number of carbonyl (C=O) groups excluding carboxylic acids is 1. The van der Waals surface area contributed by atoms with Crippen molar-refractivity contribution in [1.82, 2.24) is 0 Å². The summed E-state index contributed by atoms with van der Waals surface area (Å²) in [7, 11) is 0. The molecular weight excluding hydrogens is 330 g/mol. The van der Waals surface area contributed by atoms with Crippen LogP contribution >= 0.6 is 27.5 Å². The van der Waals surface area contributed by atoms with Crippen LogP contribution in [0.4, 0.5) is 11.4 Å². The molecule has 0 fully saturated rings. The smallest absolute Gasteiger partial charge is 0.255 e. The number of nitrogens with one attached hydrogen (secondary N) is 2. The van der Waals surface area contributed by atoms with Gasteiger partial charge in [-0.3, -0.25) is 10.6 Å². The van der Waals surface area contributed by atoms with Crippen LogP contribution in [0.15, 0.2) is 46.9 Å². The maximum absolute atomic E-state index is 12.1. The maximum Gasteiger partial charge on any atom is 0.255 e. The number of halogens is 2. The molecule has 4 nitrogen and oxygen atoms in total. The topological polar surface area (TPSA) is 67.1 Å². The van der Waals surface area contributed by atoms with Crippen molar-refractivity contribution in [1.29, 1.82) is 0 Å². The van der Waals surface area contributed by atoms with E-state index in [0.29, 0.717) is 16.3 Å². The summed E-state index contributed by atoms with van der Waals surface area (Å²) in [5.74, 6) is 5.05. The van der Waals surface area contributed by atoms with Crippen LogP contribution in [0.1, 0.15) is 10.4 Å². The highest BCUT2D eigenvalue weighted by molar-refractivity contribution is 9.10. The van der Waals surface area contributed by atoms with Gasteiger partial charge in [0.1, 0.15) is 0 Å². The summed E-state index contributed by atoms with van der Waals surface area (Å²) in [6.07, 6.45) is 0. The van der Waals surface area contributed by atoms with E-state index in [0.717, 1.165) is 10.2 Å². The zero-order chi connectivity index (χ0) is 13.8. The Bertz CT molecular complexity index is 601. The second kappa shape index (κ2) is 6.06. The molecule has 0 aliphatic carbocycles. The van der Waals surface area contributed by atoms with Crippen molar-refractivity contribution >= 4 is 44.8 Å². The summed E-state index contributed by atoms with van der Waals surface area (Å²) in [6.45, 7) is 0. The van der Waals surface area contributed by atoms with E-state index in [1.54, 1.807) is 42.5 Å². The van der Waals surface area contributed by atoms with Crippen LogP contribution in [-0.4, -0.2) is 5.91 Å². The van der Waals surface area contributed by atoms with E-state index in [-0.39, 0.29) is 5.91 Å². The Morgan fingerprint density at radius 2 is 1.84 bits per heavy atom. The van der Waals surface area contributed by atoms with Gasteiger partial charge >= 0.3 is 0 Å².